The molecule has 7 nitrogen and oxygen atoms in total. The molecule has 0 saturated carbocycles. The number of aliphatic imine (C=N–C) groups is 2. The zero-order valence-corrected chi connectivity index (χ0v) is 13.6. The standard InChI is InChI=1S/C9H8N4S2.HI.3H2O/c10-6-4-15(9-12-1-2-14-9)7-3-11-5-13-8(6)7;;;;/h1-2,4-5H,3,10H2;1H;3*1H2. The number of nitrogens with two attached hydrogens (primary N) is 1. The molecule has 0 bridgehead atoms. The van der Waals surface area contributed by atoms with E-state index in [1.807, 2.05) is 17.0 Å². The van der Waals surface area contributed by atoms with Gasteiger partial charge in [-0.2, -0.15) is 0 Å². The fourth-order valence-corrected chi connectivity index (χ4v) is 4.48. The highest BCUT2D eigenvalue weighted by Crippen LogP contribution is 2.37. The first-order chi connectivity index (χ1) is 7.36. The maximum absolute atomic E-state index is 5.92. The summed E-state index contributed by atoms with van der Waals surface area (Å²) in [4.78, 5) is 13.9. The Balaban J connectivity index is 0. The predicted molar refractivity (Wildman–Crippen MR) is 92.3 cm³/mol. The largest absolute Gasteiger partial charge is 0.412 e. The average molecular weight is 418 g/mol. The summed E-state index contributed by atoms with van der Waals surface area (Å²) >= 11 is 1.65. The lowest BCUT2D eigenvalue weighted by molar-refractivity contribution is 0.823. The van der Waals surface area contributed by atoms with Gasteiger partial charge >= 0.3 is 0 Å². The van der Waals surface area contributed by atoms with E-state index in [0.29, 0.717) is 6.54 Å². The van der Waals surface area contributed by atoms with E-state index in [2.05, 4.69) is 15.0 Å². The normalized spacial score (nSPS) is 18.7. The summed E-state index contributed by atoms with van der Waals surface area (Å²) in [6.07, 6.45) is 3.40. The monoisotopic (exact) mass is 418 g/mol. The molecule has 8 N–H and O–H groups in total. The Morgan fingerprint density at radius 3 is 2.63 bits per heavy atom. The highest BCUT2D eigenvalue weighted by molar-refractivity contribution is 14.0. The Kier molecular flexibility index (Phi) is 9.24. The molecule has 0 spiro atoms. The average Bonchev–Trinajstić information content (AvgIpc) is 2.87. The Morgan fingerprint density at radius 2 is 2.00 bits per heavy atom. The van der Waals surface area contributed by atoms with Crippen molar-refractivity contribution < 1.29 is 16.4 Å². The number of thiazole rings is 1. The van der Waals surface area contributed by atoms with E-state index in [4.69, 9.17) is 5.73 Å². The highest BCUT2D eigenvalue weighted by Gasteiger charge is 2.24. The van der Waals surface area contributed by atoms with Gasteiger partial charge in [0.05, 0.1) is 18.0 Å². The van der Waals surface area contributed by atoms with Crippen LogP contribution in [0.15, 0.2) is 37.0 Å². The summed E-state index contributed by atoms with van der Waals surface area (Å²) in [7, 11) is -0.114. The van der Waals surface area contributed by atoms with Crippen molar-refractivity contribution in [3.63, 3.8) is 0 Å². The van der Waals surface area contributed by atoms with Crippen LogP contribution in [0.2, 0.25) is 0 Å². The fraction of sp³-hybridized carbons (Fsp3) is 0.111. The van der Waals surface area contributed by atoms with Gasteiger partial charge in [-0.05, 0) is 5.41 Å². The minimum Gasteiger partial charge on any atom is -0.412 e. The van der Waals surface area contributed by atoms with Crippen molar-refractivity contribution in [1.82, 2.24) is 4.98 Å². The summed E-state index contributed by atoms with van der Waals surface area (Å²) in [5.41, 5.74) is 7.58. The maximum Gasteiger partial charge on any atom is 0.148 e. The molecule has 0 amide bonds. The van der Waals surface area contributed by atoms with Gasteiger partial charge in [-0.25, -0.2) is 9.98 Å². The predicted octanol–water partition coefficient (Wildman–Crippen LogP) is -0.616. The second kappa shape index (κ2) is 8.50. The summed E-state index contributed by atoms with van der Waals surface area (Å²) in [6, 6.07) is 0. The molecule has 2 aliphatic heterocycles. The van der Waals surface area contributed by atoms with E-state index in [1.165, 1.54) is 4.86 Å². The SMILES string of the molecule is I.NC1=CS(c2nccs2)=C2CN=CN=C12.O.O.O. The van der Waals surface area contributed by atoms with Gasteiger partial charge in [-0.3, -0.25) is 4.99 Å². The Morgan fingerprint density at radius 1 is 1.26 bits per heavy atom. The van der Waals surface area contributed by atoms with Gasteiger partial charge in [0.1, 0.15) is 10.7 Å². The topological polar surface area (TPSA) is 158 Å². The molecule has 1 unspecified atom stereocenters. The number of hydrogen-bond acceptors (Lipinski definition) is 5. The van der Waals surface area contributed by atoms with E-state index in [1.54, 1.807) is 17.7 Å². The van der Waals surface area contributed by atoms with E-state index < -0.39 is 0 Å². The maximum atomic E-state index is 5.92. The third kappa shape index (κ3) is 3.67. The zero-order valence-electron chi connectivity index (χ0n) is 9.66. The molecule has 0 fully saturated rings. The number of halogens is 1. The summed E-state index contributed by atoms with van der Waals surface area (Å²) < 4.78 is 1.09. The van der Waals surface area contributed by atoms with Gasteiger partial charge in [0, 0.05) is 16.4 Å². The number of rotatable bonds is 1. The molecule has 3 heterocycles. The number of allylic oxidation sites excluding steroid dienone is 1. The first kappa shape index (κ1) is 20.7. The quantitative estimate of drug-likeness (QED) is 0.476. The van der Waals surface area contributed by atoms with Crippen LogP contribution in [-0.2, 0) is 0 Å². The molecule has 1 aromatic heterocycles. The van der Waals surface area contributed by atoms with Crippen LogP contribution in [0.25, 0.3) is 0 Å². The molecule has 108 valence electrons. The second-order valence-electron chi connectivity index (χ2n) is 3.07. The Hall–Kier alpha value is -0.660. The van der Waals surface area contributed by atoms with Gasteiger partial charge in [0.15, 0.2) is 0 Å². The van der Waals surface area contributed by atoms with Crippen LogP contribution >= 0.6 is 45.8 Å². The third-order valence-corrected chi connectivity index (χ3v) is 5.37. The first-order valence-electron chi connectivity index (χ1n) is 4.39. The van der Waals surface area contributed by atoms with Crippen molar-refractivity contribution in [2.45, 2.75) is 4.34 Å². The van der Waals surface area contributed by atoms with E-state index in [0.717, 1.165) is 15.7 Å². The minimum absolute atomic E-state index is 0. The van der Waals surface area contributed by atoms with Crippen LogP contribution in [0.3, 0.4) is 0 Å². The lowest BCUT2D eigenvalue weighted by Crippen LogP contribution is -2.22. The van der Waals surface area contributed by atoms with Crippen LogP contribution in [0.5, 0.6) is 0 Å². The van der Waals surface area contributed by atoms with Crippen molar-refractivity contribution >= 4 is 62.7 Å². The minimum atomic E-state index is -0.114. The Labute approximate surface area is 133 Å². The first-order valence-corrected chi connectivity index (χ1v) is 6.55. The number of fused-ring (bicyclic) bond motifs is 1. The van der Waals surface area contributed by atoms with E-state index in [-0.39, 0.29) is 50.9 Å². The molecule has 0 aliphatic carbocycles. The van der Waals surface area contributed by atoms with Crippen molar-refractivity contribution in [3.8, 4) is 0 Å². The van der Waals surface area contributed by atoms with Crippen LogP contribution < -0.4 is 5.73 Å². The molecule has 1 atom stereocenters. The molecule has 0 saturated heterocycles. The molecular formula is C9H15IN4O3S2. The second-order valence-corrected chi connectivity index (χ2v) is 6.01. The highest BCUT2D eigenvalue weighted by atomic mass is 127. The van der Waals surface area contributed by atoms with Crippen molar-refractivity contribution in [1.29, 1.82) is 0 Å². The lowest BCUT2D eigenvalue weighted by Gasteiger charge is -2.07. The van der Waals surface area contributed by atoms with Gasteiger partial charge in [0.2, 0.25) is 0 Å². The molecule has 10 heteroatoms. The number of hydrogen-bond donors (Lipinski definition) is 1. The molecule has 3 rings (SSSR count). The van der Waals surface area contributed by atoms with E-state index >= 15 is 0 Å². The lowest BCUT2D eigenvalue weighted by atomic mass is 10.2. The molecule has 1 aromatic rings. The van der Waals surface area contributed by atoms with Crippen LogP contribution in [-0.4, -0.2) is 44.9 Å². The molecule has 0 aromatic carbocycles. The zero-order chi connectivity index (χ0) is 10.3. The van der Waals surface area contributed by atoms with Crippen molar-refractivity contribution in [2.24, 2.45) is 15.7 Å². The van der Waals surface area contributed by atoms with E-state index in [9.17, 15) is 0 Å². The Bertz CT molecular complexity index is 540. The van der Waals surface area contributed by atoms with Gasteiger partial charge in [0.25, 0.3) is 0 Å². The van der Waals surface area contributed by atoms with Gasteiger partial charge in [-0.1, -0.05) is 10.5 Å². The molecule has 2 aliphatic rings. The fourth-order valence-electron chi connectivity index (χ4n) is 1.51. The van der Waals surface area contributed by atoms with Crippen molar-refractivity contribution in [2.75, 3.05) is 6.54 Å². The summed E-state index contributed by atoms with van der Waals surface area (Å²) in [5, 5.41) is 4.02. The number of nitrogens with zero attached hydrogens (tertiary/aromatic N) is 3. The molecule has 0 radical (unpaired) electrons. The van der Waals surface area contributed by atoms with Crippen LogP contribution in [0, 0.1) is 0 Å². The third-order valence-electron chi connectivity index (χ3n) is 2.15. The van der Waals surface area contributed by atoms with Crippen LogP contribution in [0.1, 0.15) is 0 Å². The molecular weight excluding hydrogens is 403 g/mol. The summed E-state index contributed by atoms with van der Waals surface area (Å²) in [6.45, 7) is 0.693. The summed E-state index contributed by atoms with van der Waals surface area (Å²) in [5.74, 6) is 0. The van der Waals surface area contributed by atoms with Crippen molar-refractivity contribution in [3.05, 3.63) is 22.7 Å². The molecule has 19 heavy (non-hydrogen) atoms. The smallest absolute Gasteiger partial charge is 0.148 e. The van der Waals surface area contributed by atoms with Gasteiger partial charge in [-0.15, -0.1) is 35.3 Å². The van der Waals surface area contributed by atoms with Crippen LogP contribution in [0.4, 0.5) is 0 Å². The number of aromatic nitrogens is 1. The van der Waals surface area contributed by atoms with Gasteiger partial charge < -0.3 is 22.2 Å².